The van der Waals surface area contributed by atoms with Gasteiger partial charge in [-0.2, -0.15) is 0 Å². The predicted octanol–water partition coefficient (Wildman–Crippen LogP) is 4.82. The van der Waals surface area contributed by atoms with Gasteiger partial charge in [-0.15, -0.1) is 0 Å². The average Bonchev–Trinajstić information content (AvgIpc) is 3.15. The van der Waals surface area contributed by atoms with Crippen molar-refractivity contribution < 1.29 is 14.2 Å². The van der Waals surface area contributed by atoms with Gasteiger partial charge in [0.1, 0.15) is 0 Å². The van der Waals surface area contributed by atoms with E-state index in [1.807, 2.05) is 0 Å². The molecule has 1 aliphatic rings. The zero-order chi connectivity index (χ0) is 21.1. The summed E-state index contributed by atoms with van der Waals surface area (Å²) in [6.45, 7) is 5.11. The number of fused-ring (bicyclic) bond motifs is 1. The van der Waals surface area contributed by atoms with Gasteiger partial charge in [0.25, 0.3) is 0 Å². The maximum absolute atomic E-state index is 5.65. The Balaban J connectivity index is 1.83. The van der Waals surface area contributed by atoms with E-state index in [0.29, 0.717) is 17.2 Å². The van der Waals surface area contributed by atoms with E-state index in [4.69, 9.17) is 14.2 Å². The lowest BCUT2D eigenvalue weighted by Gasteiger charge is -2.31. The molecule has 5 nitrogen and oxygen atoms in total. The summed E-state index contributed by atoms with van der Waals surface area (Å²) in [5, 5.41) is 0. The van der Waals surface area contributed by atoms with Crippen molar-refractivity contribution >= 4 is 0 Å². The molecule has 158 valence electrons. The molecule has 30 heavy (non-hydrogen) atoms. The number of nitrogens with zero attached hydrogens (tertiary/aromatic N) is 2. The molecule has 0 amide bonds. The molecule has 0 saturated heterocycles. The van der Waals surface area contributed by atoms with E-state index >= 15 is 0 Å². The van der Waals surface area contributed by atoms with Crippen LogP contribution in [0.25, 0.3) is 0 Å². The molecular weight excluding hydrogens is 376 g/mol. The van der Waals surface area contributed by atoms with Crippen molar-refractivity contribution in [2.24, 2.45) is 0 Å². The lowest BCUT2D eigenvalue weighted by atomic mass is 9.99. The van der Waals surface area contributed by atoms with Crippen LogP contribution in [0, 0.1) is 6.92 Å². The number of ether oxygens (including phenoxy) is 3. The summed E-state index contributed by atoms with van der Waals surface area (Å²) in [4.78, 5) is 2.56. The van der Waals surface area contributed by atoms with Gasteiger partial charge in [0.2, 0.25) is 5.75 Å². The van der Waals surface area contributed by atoms with Crippen LogP contribution in [-0.2, 0) is 13.1 Å². The van der Waals surface area contributed by atoms with Gasteiger partial charge < -0.3 is 18.8 Å². The molecule has 0 saturated carbocycles. The number of hydrogen-bond donors (Lipinski definition) is 0. The van der Waals surface area contributed by atoms with E-state index in [1.165, 1.54) is 16.8 Å². The average molecular weight is 407 g/mol. The van der Waals surface area contributed by atoms with E-state index in [9.17, 15) is 0 Å². The molecule has 5 heteroatoms. The Bertz CT molecular complexity index is 986. The first-order valence-electron chi connectivity index (χ1n) is 10.4. The summed E-state index contributed by atoms with van der Waals surface area (Å²) in [6.07, 6.45) is 3.28. The Labute approximate surface area is 178 Å². The number of rotatable bonds is 6. The summed E-state index contributed by atoms with van der Waals surface area (Å²) in [7, 11) is 4.98. The maximum Gasteiger partial charge on any atom is 0.203 e. The summed E-state index contributed by atoms with van der Waals surface area (Å²) in [5.74, 6) is 1.99. The Morgan fingerprint density at radius 1 is 0.900 bits per heavy atom. The van der Waals surface area contributed by atoms with Crippen molar-refractivity contribution in [3.05, 3.63) is 77.1 Å². The first-order chi connectivity index (χ1) is 14.7. The molecule has 0 aliphatic carbocycles. The van der Waals surface area contributed by atoms with Crippen LogP contribution < -0.4 is 14.2 Å². The van der Waals surface area contributed by atoms with Crippen molar-refractivity contribution in [1.82, 2.24) is 9.47 Å². The molecule has 1 unspecified atom stereocenters. The predicted molar refractivity (Wildman–Crippen MR) is 119 cm³/mol. The summed E-state index contributed by atoms with van der Waals surface area (Å²) in [5.41, 5.74) is 5.10. The largest absolute Gasteiger partial charge is 0.493 e. The van der Waals surface area contributed by atoms with Crippen molar-refractivity contribution in [1.29, 1.82) is 0 Å². The highest BCUT2D eigenvalue weighted by Crippen LogP contribution is 2.43. The molecule has 0 N–H and O–H groups in total. The second-order valence-electron chi connectivity index (χ2n) is 7.74. The molecule has 2 aromatic carbocycles. The van der Waals surface area contributed by atoms with Crippen LogP contribution in [0.15, 0.2) is 54.7 Å². The van der Waals surface area contributed by atoms with Gasteiger partial charge in [0.05, 0.1) is 27.4 Å². The van der Waals surface area contributed by atoms with E-state index < -0.39 is 0 Å². The molecule has 1 atom stereocenters. The maximum atomic E-state index is 5.65. The smallest absolute Gasteiger partial charge is 0.203 e. The highest BCUT2D eigenvalue weighted by Gasteiger charge is 2.29. The fourth-order valence-electron chi connectivity index (χ4n) is 4.46. The van der Waals surface area contributed by atoms with Crippen molar-refractivity contribution in [2.45, 2.75) is 32.5 Å². The second-order valence-corrected chi connectivity index (χ2v) is 7.74. The molecule has 0 radical (unpaired) electrons. The van der Waals surface area contributed by atoms with Crippen LogP contribution in [0.4, 0.5) is 0 Å². The minimum absolute atomic E-state index is 0.0933. The van der Waals surface area contributed by atoms with E-state index in [2.05, 4.69) is 71.1 Å². The highest BCUT2D eigenvalue weighted by molar-refractivity contribution is 5.55. The second kappa shape index (κ2) is 8.84. The number of methoxy groups -OCH3 is 3. The van der Waals surface area contributed by atoms with Crippen LogP contribution in [0.3, 0.4) is 0 Å². The zero-order valence-electron chi connectivity index (χ0n) is 18.2. The molecular formula is C25H30N2O3. The molecule has 0 bridgehead atoms. The van der Waals surface area contributed by atoms with Crippen LogP contribution in [0.2, 0.25) is 0 Å². The summed E-state index contributed by atoms with van der Waals surface area (Å²) in [6, 6.07) is 17.3. The third-order valence-electron chi connectivity index (χ3n) is 5.99. The Morgan fingerprint density at radius 3 is 2.30 bits per heavy atom. The number of aryl methyl sites for hydroxylation is 2. The first-order valence-corrected chi connectivity index (χ1v) is 10.4. The monoisotopic (exact) mass is 406 g/mol. The lowest BCUT2D eigenvalue weighted by Crippen LogP contribution is -2.30. The minimum atomic E-state index is 0.0933. The third kappa shape index (κ3) is 3.77. The van der Waals surface area contributed by atoms with Gasteiger partial charge in [-0.25, -0.2) is 0 Å². The van der Waals surface area contributed by atoms with Gasteiger partial charge in [0.15, 0.2) is 11.5 Å². The van der Waals surface area contributed by atoms with Gasteiger partial charge in [-0.05, 0) is 54.3 Å². The molecule has 2 heterocycles. The van der Waals surface area contributed by atoms with E-state index in [0.717, 1.165) is 31.6 Å². The molecule has 1 aromatic heterocycles. The Kier molecular flexibility index (Phi) is 6.00. The molecule has 0 spiro atoms. The van der Waals surface area contributed by atoms with Crippen molar-refractivity contribution in [3.8, 4) is 17.2 Å². The van der Waals surface area contributed by atoms with Crippen LogP contribution in [-0.4, -0.2) is 37.3 Å². The molecule has 3 aromatic rings. The van der Waals surface area contributed by atoms with Crippen LogP contribution >= 0.6 is 0 Å². The quantitative estimate of drug-likeness (QED) is 0.588. The van der Waals surface area contributed by atoms with Crippen molar-refractivity contribution in [3.63, 3.8) is 0 Å². The molecule has 4 rings (SSSR count). The van der Waals surface area contributed by atoms with Gasteiger partial charge in [-0.3, -0.25) is 4.90 Å². The first kappa shape index (κ1) is 20.4. The molecule has 0 fully saturated rings. The zero-order valence-corrected chi connectivity index (χ0v) is 18.2. The Hall–Kier alpha value is -2.92. The Morgan fingerprint density at radius 2 is 1.63 bits per heavy atom. The van der Waals surface area contributed by atoms with Gasteiger partial charge in [0, 0.05) is 31.5 Å². The molecule has 1 aliphatic heterocycles. The summed E-state index contributed by atoms with van der Waals surface area (Å²) >= 11 is 0. The lowest BCUT2D eigenvalue weighted by molar-refractivity contribution is 0.218. The van der Waals surface area contributed by atoms with E-state index in [1.54, 1.807) is 21.3 Å². The topological polar surface area (TPSA) is 35.9 Å². The number of aromatic nitrogens is 1. The van der Waals surface area contributed by atoms with Gasteiger partial charge in [-0.1, -0.05) is 24.3 Å². The van der Waals surface area contributed by atoms with E-state index in [-0.39, 0.29) is 6.04 Å². The third-order valence-corrected chi connectivity index (χ3v) is 5.99. The SMILES string of the molecule is COc1cc(C2c3cccn3CCCN2Cc2ccccc2C)cc(OC)c1OC. The standard InChI is InChI=1S/C25H30N2O3/c1-18-9-5-6-10-19(18)17-27-14-8-13-26-12-7-11-21(26)24(27)20-15-22(28-2)25(30-4)23(16-20)29-3/h5-7,9-12,15-16,24H,8,13-14,17H2,1-4H3. The van der Waals surface area contributed by atoms with Crippen molar-refractivity contribution in [2.75, 3.05) is 27.9 Å². The fourth-order valence-corrected chi connectivity index (χ4v) is 4.46. The minimum Gasteiger partial charge on any atom is -0.493 e. The normalized spacial score (nSPS) is 16.6. The number of benzene rings is 2. The van der Waals surface area contributed by atoms with Crippen LogP contribution in [0.5, 0.6) is 17.2 Å². The highest BCUT2D eigenvalue weighted by atomic mass is 16.5. The summed E-state index contributed by atoms with van der Waals surface area (Å²) < 4.78 is 19.2. The fraction of sp³-hybridized carbons (Fsp3) is 0.360. The van der Waals surface area contributed by atoms with Crippen LogP contribution in [0.1, 0.15) is 34.8 Å². The van der Waals surface area contributed by atoms with Gasteiger partial charge >= 0.3 is 0 Å². The number of hydrogen-bond acceptors (Lipinski definition) is 4.